The average molecular weight is 272 g/mol. The number of hydrogen-bond acceptors (Lipinski definition) is 3. The number of carbonyl (C=O) groups excluding carboxylic acids is 1. The summed E-state index contributed by atoms with van der Waals surface area (Å²) in [7, 11) is 0. The summed E-state index contributed by atoms with van der Waals surface area (Å²) in [5.41, 5.74) is 0.759. The van der Waals surface area contributed by atoms with Crippen LogP contribution in [-0.4, -0.2) is 20.9 Å². The molecule has 1 heterocycles. The van der Waals surface area contributed by atoms with E-state index in [-0.39, 0.29) is 16.7 Å². The molecule has 4 nitrogen and oxygen atoms in total. The molecule has 0 aliphatic carbocycles. The number of alkyl halides is 1. The summed E-state index contributed by atoms with van der Waals surface area (Å²) in [6, 6.07) is 3.62. The van der Waals surface area contributed by atoms with Crippen LogP contribution >= 0.6 is 15.9 Å². The lowest BCUT2D eigenvalue weighted by atomic mass is 10.1. The predicted octanol–water partition coefficient (Wildman–Crippen LogP) is 1.51. The van der Waals surface area contributed by atoms with Crippen molar-refractivity contribution in [2.45, 2.75) is 25.2 Å². The Balaban J connectivity index is 2.41. The molecular weight excluding hydrogens is 258 g/mol. The second-order valence-electron chi connectivity index (χ2n) is 3.58. The Bertz CT molecular complexity index is 316. The Hall–Kier alpha value is -0.970. The number of nitrogens with zero attached hydrogens (tertiary/aromatic N) is 2. The summed E-state index contributed by atoms with van der Waals surface area (Å²) in [5, 5.41) is 10.4. The van der Waals surface area contributed by atoms with Crippen molar-refractivity contribution in [3.8, 4) is 0 Å². The highest BCUT2D eigenvalue weighted by Crippen LogP contribution is 2.11. The SMILES string of the molecule is CC(C)C(Br)C(=O)NCc1cccnn1. The highest BCUT2D eigenvalue weighted by molar-refractivity contribution is 9.10. The topological polar surface area (TPSA) is 54.9 Å². The number of rotatable bonds is 4. The first-order valence-electron chi connectivity index (χ1n) is 4.79. The molecule has 0 aromatic carbocycles. The van der Waals surface area contributed by atoms with Gasteiger partial charge in [0.05, 0.1) is 17.1 Å². The van der Waals surface area contributed by atoms with Crippen molar-refractivity contribution < 1.29 is 4.79 Å². The molecule has 0 saturated carbocycles. The minimum Gasteiger partial charge on any atom is -0.349 e. The average Bonchev–Trinajstić information content (AvgIpc) is 2.26. The Labute approximate surface area is 97.6 Å². The van der Waals surface area contributed by atoms with Gasteiger partial charge in [-0.25, -0.2) is 0 Å². The van der Waals surface area contributed by atoms with E-state index in [0.29, 0.717) is 6.54 Å². The third-order valence-corrected chi connectivity index (χ3v) is 3.38. The van der Waals surface area contributed by atoms with E-state index in [4.69, 9.17) is 0 Å². The molecule has 1 N–H and O–H groups in total. The van der Waals surface area contributed by atoms with E-state index in [2.05, 4.69) is 31.4 Å². The summed E-state index contributed by atoms with van der Waals surface area (Å²) in [4.78, 5) is 11.4. The Kier molecular flexibility index (Phi) is 4.68. The lowest BCUT2D eigenvalue weighted by Crippen LogP contribution is -2.33. The molecule has 0 spiro atoms. The van der Waals surface area contributed by atoms with Crippen molar-refractivity contribution in [2.24, 2.45) is 5.92 Å². The van der Waals surface area contributed by atoms with Gasteiger partial charge in [-0.05, 0) is 18.1 Å². The van der Waals surface area contributed by atoms with Gasteiger partial charge < -0.3 is 5.32 Å². The fraction of sp³-hybridized carbons (Fsp3) is 0.500. The van der Waals surface area contributed by atoms with Gasteiger partial charge in [0.1, 0.15) is 0 Å². The monoisotopic (exact) mass is 271 g/mol. The first kappa shape index (κ1) is 12.1. The minimum atomic E-state index is -0.158. The fourth-order valence-corrected chi connectivity index (χ4v) is 1.17. The van der Waals surface area contributed by atoms with E-state index in [9.17, 15) is 4.79 Å². The highest BCUT2D eigenvalue weighted by Gasteiger charge is 2.17. The molecule has 82 valence electrons. The first-order chi connectivity index (χ1) is 7.11. The number of aromatic nitrogens is 2. The van der Waals surface area contributed by atoms with Crippen molar-refractivity contribution in [1.82, 2.24) is 15.5 Å². The summed E-state index contributed by atoms with van der Waals surface area (Å²) in [6.45, 7) is 4.39. The molecular formula is C10H14BrN3O. The molecule has 0 fully saturated rings. The minimum absolute atomic E-state index is 0.0179. The maximum absolute atomic E-state index is 11.6. The van der Waals surface area contributed by atoms with Crippen LogP contribution in [0, 0.1) is 5.92 Å². The lowest BCUT2D eigenvalue weighted by Gasteiger charge is -2.13. The molecule has 5 heteroatoms. The molecule has 1 atom stereocenters. The molecule has 1 amide bonds. The normalized spacial score (nSPS) is 12.5. The van der Waals surface area contributed by atoms with E-state index in [1.165, 1.54) is 0 Å². The van der Waals surface area contributed by atoms with Gasteiger partial charge in [-0.3, -0.25) is 4.79 Å². The molecule has 0 aliphatic heterocycles. The van der Waals surface area contributed by atoms with E-state index in [1.54, 1.807) is 12.3 Å². The van der Waals surface area contributed by atoms with Gasteiger partial charge in [0.25, 0.3) is 0 Å². The quantitative estimate of drug-likeness (QED) is 0.845. The van der Waals surface area contributed by atoms with Crippen molar-refractivity contribution in [1.29, 1.82) is 0 Å². The van der Waals surface area contributed by atoms with Crippen LogP contribution < -0.4 is 5.32 Å². The first-order valence-corrected chi connectivity index (χ1v) is 5.71. The van der Waals surface area contributed by atoms with Gasteiger partial charge in [-0.1, -0.05) is 29.8 Å². The zero-order chi connectivity index (χ0) is 11.3. The van der Waals surface area contributed by atoms with E-state index in [0.717, 1.165) is 5.69 Å². The van der Waals surface area contributed by atoms with Crippen molar-refractivity contribution in [3.05, 3.63) is 24.0 Å². The van der Waals surface area contributed by atoms with Crippen molar-refractivity contribution in [2.75, 3.05) is 0 Å². The second kappa shape index (κ2) is 5.80. The maximum atomic E-state index is 11.6. The number of amides is 1. The van der Waals surface area contributed by atoms with Crippen LogP contribution in [0.3, 0.4) is 0 Å². The Morgan fingerprint density at radius 1 is 1.60 bits per heavy atom. The van der Waals surface area contributed by atoms with Crippen LogP contribution in [0.4, 0.5) is 0 Å². The van der Waals surface area contributed by atoms with Crippen molar-refractivity contribution in [3.63, 3.8) is 0 Å². The van der Waals surface area contributed by atoms with Crippen LogP contribution in [0.1, 0.15) is 19.5 Å². The lowest BCUT2D eigenvalue weighted by molar-refractivity contribution is -0.121. The zero-order valence-electron chi connectivity index (χ0n) is 8.77. The van der Waals surface area contributed by atoms with Gasteiger partial charge in [0.15, 0.2) is 0 Å². The fourth-order valence-electron chi connectivity index (χ4n) is 1.01. The van der Waals surface area contributed by atoms with E-state index in [1.807, 2.05) is 19.9 Å². The smallest absolute Gasteiger partial charge is 0.234 e. The largest absolute Gasteiger partial charge is 0.349 e. The van der Waals surface area contributed by atoms with Crippen LogP contribution in [0.25, 0.3) is 0 Å². The Morgan fingerprint density at radius 3 is 2.87 bits per heavy atom. The molecule has 15 heavy (non-hydrogen) atoms. The maximum Gasteiger partial charge on any atom is 0.234 e. The van der Waals surface area contributed by atoms with Crippen LogP contribution in [0.2, 0.25) is 0 Å². The van der Waals surface area contributed by atoms with Crippen molar-refractivity contribution >= 4 is 21.8 Å². The predicted molar refractivity (Wildman–Crippen MR) is 61.4 cm³/mol. The molecule has 1 aromatic rings. The van der Waals surface area contributed by atoms with Crippen LogP contribution in [-0.2, 0) is 11.3 Å². The van der Waals surface area contributed by atoms with E-state index >= 15 is 0 Å². The highest BCUT2D eigenvalue weighted by atomic mass is 79.9. The van der Waals surface area contributed by atoms with Crippen LogP contribution in [0.15, 0.2) is 18.3 Å². The molecule has 0 saturated heterocycles. The summed E-state index contributed by atoms with van der Waals surface area (Å²) < 4.78 is 0. The third kappa shape index (κ3) is 3.95. The molecule has 1 rings (SSSR count). The number of carbonyl (C=O) groups is 1. The summed E-state index contributed by atoms with van der Waals surface area (Å²) >= 11 is 3.33. The number of hydrogen-bond donors (Lipinski definition) is 1. The van der Waals surface area contributed by atoms with Gasteiger partial charge in [-0.15, -0.1) is 0 Å². The standard InChI is InChI=1S/C10H14BrN3O/c1-7(2)9(11)10(15)12-6-8-4-3-5-13-14-8/h3-5,7,9H,6H2,1-2H3,(H,12,15). The summed E-state index contributed by atoms with van der Waals surface area (Å²) in [6.07, 6.45) is 1.60. The molecule has 0 bridgehead atoms. The van der Waals surface area contributed by atoms with Gasteiger partial charge in [-0.2, -0.15) is 10.2 Å². The van der Waals surface area contributed by atoms with Crippen LogP contribution in [0.5, 0.6) is 0 Å². The van der Waals surface area contributed by atoms with Gasteiger partial charge >= 0.3 is 0 Å². The second-order valence-corrected chi connectivity index (χ2v) is 4.57. The Morgan fingerprint density at radius 2 is 2.33 bits per heavy atom. The molecule has 1 unspecified atom stereocenters. The van der Waals surface area contributed by atoms with Gasteiger partial charge in [0, 0.05) is 6.20 Å². The molecule has 0 aliphatic rings. The summed E-state index contributed by atoms with van der Waals surface area (Å²) in [5.74, 6) is 0.252. The number of nitrogens with one attached hydrogen (secondary N) is 1. The third-order valence-electron chi connectivity index (χ3n) is 1.91. The zero-order valence-corrected chi connectivity index (χ0v) is 10.4. The molecule has 0 radical (unpaired) electrons. The number of halogens is 1. The van der Waals surface area contributed by atoms with Gasteiger partial charge in [0.2, 0.25) is 5.91 Å². The molecule has 1 aromatic heterocycles. The van der Waals surface area contributed by atoms with E-state index < -0.39 is 0 Å².